The molecule has 0 spiro atoms. The van der Waals surface area contributed by atoms with E-state index in [0.717, 1.165) is 0 Å². The van der Waals surface area contributed by atoms with E-state index in [1.807, 2.05) is 6.07 Å². The molecule has 1 atom stereocenters. The molecule has 1 aromatic carbocycles. The Morgan fingerprint density at radius 1 is 1.21 bits per heavy atom. The molecule has 0 aliphatic heterocycles. The van der Waals surface area contributed by atoms with E-state index in [1.165, 1.54) is 12.8 Å². The van der Waals surface area contributed by atoms with Crippen LogP contribution >= 0.6 is 24.8 Å². The van der Waals surface area contributed by atoms with E-state index >= 15 is 0 Å². The van der Waals surface area contributed by atoms with Crippen LogP contribution in [0, 0.1) is 5.92 Å². The predicted molar refractivity (Wildman–Crippen MR) is 98.3 cm³/mol. The van der Waals surface area contributed by atoms with Crippen LogP contribution in [-0.4, -0.2) is 23.5 Å². The third-order valence-electron chi connectivity index (χ3n) is 3.71. The molecule has 130 valence electrons. The lowest BCUT2D eigenvalue weighted by Crippen LogP contribution is -2.38. The number of nitrogens with one attached hydrogen (secondary N) is 1. The maximum absolute atomic E-state index is 12.2. The summed E-state index contributed by atoms with van der Waals surface area (Å²) in [6.07, 6.45) is 5.66. The highest BCUT2D eigenvalue weighted by atomic mass is 35.5. The second-order valence-electron chi connectivity index (χ2n) is 5.52. The van der Waals surface area contributed by atoms with Crippen LogP contribution in [0.4, 0.5) is 0 Å². The van der Waals surface area contributed by atoms with Crippen LogP contribution in [0.15, 0.2) is 48.8 Å². The summed E-state index contributed by atoms with van der Waals surface area (Å²) in [5.41, 5.74) is 6.56. The Hall–Kier alpha value is -1.82. The number of carbonyl (C=O) groups excluding carboxylic acids is 1. The average Bonchev–Trinajstić information content (AvgIpc) is 3.38. The lowest BCUT2D eigenvalue weighted by Gasteiger charge is -2.12. The van der Waals surface area contributed by atoms with Crippen molar-refractivity contribution in [1.29, 1.82) is 0 Å². The van der Waals surface area contributed by atoms with E-state index in [2.05, 4.69) is 10.3 Å². The summed E-state index contributed by atoms with van der Waals surface area (Å²) in [6.45, 7) is 0.513. The number of pyridine rings is 1. The summed E-state index contributed by atoms with van der Waals surface area (Å²) in [4.78, 5) is 16.1. The van der Waals surface area contributed by atoms with E-state index in [-0.39, 0.29) is 36.8 Å². The van der Waals surface area contributed by atoms with Gasteiger partial charge in [0.1, 0.15) is 11.5 Å². The first-order chi connectivity index (χ1) is 10.7. The maximum atomic E-state index is 12.2. The minimum absolute atomic E-state index is 0. The molecule has 0 radical (unpaired) electrons. The van der Waals surface area contributed by atoms with Gasteiger partial charge in [-0.2, -0.15) is 0 Å². The van der Waals surface area contributed by atoms with Crippen molar-refractivity contribution in [3.63, 3.8) is 0 Å². The zero-order valence-electron chi connectivity index (χ0n) is 13.1. The van der Waals surface area contributed by atoms with Gasteiger partial charge in [0, 0.05) is 30.5 Å². The predicted octanol–water partition coefficient (Wildman–Crippen LogP) is 3.18. The van der Waals surface area contributed by atoms with Gasteiger partial charge in [0.25, 0.3) is 5.91 Å². The number of amides is 1. The molecule has 5 nitrogen and oxygen atoms in total. The molecule has 24 heavy (non-hydrogen) atoms. The topological polar surface area (TPSA) is 77.2 Å². The van der Waals surface area contributed by atoms with Crippen LogP contribution in [0.5, 0.6) is 11.5 Å². The van der Waals surface area contributed by atoms with Crippen LogP contribution in [0.2, 0.25) is 0 Å². The first-order valence-corrected chi connectivity index (χ1v) is 7.44. The number of hydrogen-bond acceptors (Lipinski definition) is 4. The highest BCUT2D eigenvalue weighted by molar-refractivity contribution is 5.94. The molecule has 1 aromatic heterocycles. The number of nitrogens with two attached hydrogens (primary N) is 1. The van der Waals surface area contributed by atoms with Crippen molar-refractivity contribution in [1.82, 2.24) is 10.3 Å². The third kappa shape index (κ3) is 5.67. The molecule has 1 amide bonds. The maximum Gasteiger partial charge on any atom is 0.251 e. The first-order valence-electron chi connectivity index (χ1n) is 7.44. The van der Waals surface area contributed by atoms with Crippen LogP contribution in [0.1, 0.15) is 23.2 Å². The fourth-order valence-corrected chi connectivity index (χ4v) is 2.25. The average molecular weight is 370 g/mol. The Kier molecular flexibility index (Phi) is 7.98. The molecule has 0 bridgehead atoms. The largest absolute Gasteiger partial charge is 0.457 e. The van der Waals surface area contributed by atoms with E-state index in [1.54, 1.807) is 42.7 Å². The zero-order chi connectivity index (χ0) is 15.4. The molecule has 1 aliphatic rings. The van der Waals surface area contributed by atoms with E-state index in [0.29, 0.717) is 29.5 Å². The summed E-state index contributed by atoms with van der Waals surface area (Å²) >= 11 is 0. The summed E-state index contributed by atoms with van der Waals surface area (Å²) in [5, 5.41) is 2.88. The Morgan fingerprint density at radius 2 is 1.92 bits per heavy atom. The number of rotatable bonds is 6. The third-order valence-corrected chi connectivity index (χ3v) is 3.71. The smallest absolute Gasteiger partial charge is 0.251 e. The van der Waals surface area contributed by atoms with Crippen LogP contribution in [-0.2, 0) is 0 Å². The molecule has 2 aromatic rings. The standard InChI is InChI=1S/C17H19N3O2.2ClH/c18-16(12-4-5-12)11-20-17(21)13-2-1-3-15(10-13)22-14-6-8-19-9-7-14;;/h1-3,6-10,12,16H,4-5,11,18H2,(H,20,21);2*1H. The fourth-order valence-electron chi connectivity index (χ4n) is 2.25. The molecule has 1 heterocycles. The number of carbonyl (C=O) groups is 1. The van der Waals surface area contributed by atoms with Crippen molar-refractivity contribution in [3.8, 4) is 11.5 Å². The minimum atomic E-state index is -0.128. The van der Waals surface area contributed by atoms with Gasteiger partial charge in [-0.25, -0.2) is 0 Å². The van der Waals surface area contributed by atoms with Crippen LogP contribution in [0.3, 0.4) is 0 Å². The van der Waals surface area contributed by atoms with E-state index < -0.39 is 0 Å². The lowest BCUT2D eigenvalue weighted by atomic mass is 10.1. The van der Waals surface area contributed by atoms with Gasteiger partial charge in [-0.15, -0.1) is 24.8 Å². The first kappa shape index (κ1) is 20.2. The van der Waals surface area contributed by atoms with E-state index in [4.69, 9.17) is 10.5 Å². The van der Waals surface area contributed by atoms with Crippen molar-refractivity contribution in [3.05, 3.63) is 54.4 Å². The van der Waals surface area contributed by atoms with Crippen LogP contribution in [0.25, 0.3) is 0 Å². The van der Waals surface area contributed by atoms with E-state index in [9.17, 15) is 4.79 Å². The summed E-state index contributed by atoms with van der Waals surface area (Å²) in [5.74, 6) is 1.74. The van der Waals surface area contributed by atoms with Gasteiger partial charge in [0.05, 0.1) is 0 Å². The van der Waals surface area contributed by atoms with Gasteiger partial charge >= 0.3 is 0 Å². The minimum Gasteiger partial charge on any atom is -0.457 e. The number of ether oxygens (including phenoxy) is 1. The van der Waals surface area contributed by atoms with Gasteiger partial charge in [-0.1, -0.05) is 6.07 Å². The Morgan fingerprint density at radius 3 is 2.58 bits per heavy atom. The quantitative estimate of drug-likeness (QED) is 0.819. The number of nitrogens with zero attached hydrogens (tertiary/aromatic N) is 1. The lowest BCUT2D eigenvalue weighted by molar-refractivity contribution is 0.0950. The number of aromatic nitrogens is 1. The molecule has 1 fully saturated rings. The van der Waals surface area contributed by atoms with Gasteiger partial charge in [0.15, 0.2) is 0 Å². The van der Waals surface area contributed by atoms with Crippen LogP contribution < -0.4 is 15.8 Å². The Balaban J connectivity index is 0.00000144. The number of benzene rings is 1. The molecule has 3 rings (SSSR count). The normalized spacial score (nSPS) is 13.9. The van der Waals surface area contributed by atoms with Gasteiger partial charge in [-0.05, 0) is 49.1 Å². The molecular weight excluding hydrogens is 349 g/mol. The molecule has 1 saturated carbocycles. The molecule has 0 saturated heterocycles. The number of halogens is 2. The van der Waals surface area contributed by atoms with Crippen molar-refractivity contribution < 1.29 is 9.53 Å². The molecular formula is C17H21Cl2N3O2. The van der Waals surface area contributed by atoms with Crippen molar-refractivity contribution in [2.45, 2.75) is 18.9 Å². The monoisotopic (exact) mass is 369 g/mol. The second kappa shape index (κ2) is 9.47. The summed E-state index contributed by atoms with van der Waals surface area (Å²) in [6, 6.07) is 10.7. The van der Waals surface area contributed by atoms with Gasteiger partial charge < -0.3 is 15.8 Å². The Bertz CT molecular complexity index is 651. The van der Waals surface area contributed by atoms with Gasteiger partial charge in [-0.3, -0.25) is 9.78 Å². The zero-order valence-corrected chi connectivity index (χ0v) is 14.7. The van der Waals surface area contributed by atoms with Crippen molar-refractivity contribution in [2.75, 3.05) is 6.54 Å². The number of hydrogen-bond donors (Lipinski definition) is 2. The molecule has 1 aliphatic carbocycles. The Labute approximate surface area is 153 Å². The second-order valence-corrected chi connectivity index (χ2v) is 5.52. The van der Waals surface area contributed by atoms with Crippen molar-refractivity contribution in [2.24, 2.45) is 11.7 Å². The fraction of sp³-hybridized carbons (Fsp3) is 0.294. The van der Waals surface area contributed by atoms with Crippen molar-refractivity contribution >= 4 is 30.7 Å². The molecule has 1 unspecified atom stereocenters. The highest BCUT2D eigenvalue weighted by Gasteiger charge is 2.28. The SMILES string of the molecule is Cl.Cl.NC(CNC(=O)c1cccc(Oc2ccncc2)c1)C1CC1. The summed E-state index contributed by atoms with van der Waals surface area (Å²) in [7, 11) is 0. The molecule has 7 heteroatoms. The van der Waals surface area contributed by atoms with Gasteiger partial charge in [0.2, 0.25) is 0 Å². The highest BCUT2D eigenvalue weighted by Crippen LogP contribution is 2.31. The molecule has 3 N–H and O–H groups in total. The summed E-state index contributed by atoms with van der Waals surface area (Å²) < 4.78 is 5.70.